The zero-order valence-electron chi connectivity index (χ0n) is 24.6. The number of fused-ring (bicyclic) bond motifs is 4. The maximum absolute atomic E-state index is 12.7. The van der Waals surface area contributed by atoms with E-state index in [2.05, 4.69) is 34.6 Å². The zero-order valence-corrected chi connectivity index (χ0v) is 24.6. The highest BCUT2D eigenvalue weighted by Gasteiger charge is 2.68. The Labute approximate surface area is 228 Å². The molecule has 6 heteroatoms. The Balaban J connectivity index is 1.79. The summed E-state index contributed by atoms with van der Waals surface area (Å²) in [5.41, 5.74) is 2.87. The highest BCUT2D eigenvalue weighted by molar-refractivity contribution is 5.71. The molecule has 6 nitrogen and oxygen atoms in total. The van der Waals surface area contributed by atoms with Crippen LogP contribution in [0.4, 0.5) is 0 Å². The third-order valence-corrected chi connectivity index (χ3v) is 12.2. The Bertz CT molecular complexity index is 1020. The van der Waals surface area contributed by atoms with Crippen molar-refractivity contribution in [2.45, 2.75) is 118 Å². The quantitative estimate of drug-likeness (QED) is 0.273. The third kappa shape index (κ3) is 4.29. The van der Waals surface area contributed by atoms with Gasteiger partial charge in [0.2, 0.25) is 0 Å². The number of carbonyl (C=O) groups is 2. The molecule has 0 aromatic heterocycles. The fourth-order valence-corrected chi connectivity index (χ4v) is 9.78. The van der Waals surface area contributed by atoms with Crippen LogP contribution in [-0.4, -0.2) is 46.1 Å². The number of esters is 1. The molecular formula is C32H50O6. The fraction of sp³-hybridized carbons (Fsp3) is 0.812. The lowest BCUT2D eigenvalue weighted by Crippen LogP contribution is -2.56. The van der Waals surface area contributed by atoms with Crippen molar-refractivity contribution >= 4 is 11.9 Å². The van der Waals surface area contributed by atoms with Gasteiger partial charge in [0.25, 0.3) is 0 Å². The predicted molar refractivity (Wildman–Crippen MR) is 147 cm³/mol. The van der Waals surface area contributed by atoms with Crippen LogP contribution in [0.25, 0.3) is 0 Å². The van der Waals surface area contributed by atoms with Crippen LogP contribution in [0, 0.1) is 39.4 Å². The molecule has 0 amide bonds. The maximum atomic E-state index is 12.7. The minimum absolute atomic E-state index is 0.00166. The van der Waals surface area contributed by atoms with Crippen LogP contribution in [0.3, 0.4) is 0 Å². The molecule has 2 fully saturated rings. The van der Waals surface area contributed by atoms with E-state index in [1.165, 1.54) is 18.1 Å². The minimum Gasteiger partial charge on any atom is -0.481 e. The van der Waals surface area contributed by atoms with Gasteiger partial charge in [-0.2, -0.15) is 0 Å². The average molecular weight is 531 g/mol. The number of hydrogen-bond donors (Lipinski definition) is 3. The van der Waals surface area contributed by atoms with Gasteiger partial charge >= 0.3 is 11.9 Å². The number of carboxylic acid groups (broad SMARTS) is 1. The molecule has 4 aliphatic rings. The second-order valence-electron chi connectivity index (χ2n) is 14.1. The largest absolute Gasteiger partial charge is 0.481 e. The normalized spacial score (nSPS) is 41.1. The van der Waals surface area contributed by atoms with E-state index in [0.717, 1.165) is 44.1 Å². The Morgan fingerprint density at radius 1 is 1.05 bits per heavy atom. The molecule has 0 saturated heterocycles. The second-order valence-corrected chi connectivity index (χ2v) is 14.1. The molecule has 0 spiro atoms. The van der Waals surface area contributed by atoms with Crippen LogP contribution in [-0.2, 0) is 14.3 Å². The Kier molecular flexibility index (Phi) is 7.77. The summed E-state index contributed by atoms with van der Waals surface area (Å²) in [6.45, 7) is 14.7. The average Bonchev–Trinajstić information content (AvgIpc) is 3.06. The number of allylic oxidation sites excluding steroid dienone is 2. The molecule has 0 aliphatic heterocycles. The van der Waals surface area contributed by atoms with Gasteiger partial charge in [0.1, 0.15) is 6.10 Å². The molecule has 8 atom stereocenters. The molecule has 4 rings (SSSR count). The Morgan fingerprint density at radius 3 is 2.34 bits per heavy atom. The summed E-state index contributed by atoms with van der Waals surface area (Å²) in [5, 5.41) is 30.7. The van der Waals surface area contributed by atoms with Crippen LogP contribution < -0.4 is 0 Å². The summed E-state index contributed by atoms with van der Waals surface area (Å²) in [5.74, 6) is -1.34. The molecule has 38 heavy (non-hydrogen) atoms. The summed E-state index contributed by atoms with van der Waals surface area (Å²) >= 11 is 0. The van der Waals surface area contributed by atoms with E-state index >= 15 is 0 Å². The van der Waals surface area contributed by atoms with Crippen molar-refractivity contribution in [3.05, 3.63) is 22.8 Å². The smallest absolute Gasteiger partial charge is 0.306 e. The van der Waals surface area contributed by atoms with Gasteiger partial charge < -0.3 is 20.1 Å². The number of ether oxygens (including phenoxy) is 1. The third-order valence-electron chi connectivity index (χ3n) is 12.2. The summed E-state index contributed by atoms with van der Waals surface area (Å²) in [4.78, 5) is 25.1. The van der Waals surface area contributed by atoms with Gasteiger partial charge in [-0.25, -0.2) is 0 Å². The lowest BCUT2D eigenvalue weighted by molar-refractivity contribution is -0.154. The fourth-order valence-electron chi connectivity index (χ4n) is 9.78. The van der Waals surface area contributed by atoms with Crippen molar-refractivity contribution in [2.24, 2.45) is 39.4 Å². The van der Waals surface area contributed by atoms with Crippen molar-refractivity contribution in [3.8, 4) is 0 Å². The van der Waals surface area contributed by atoms with Gasteiger partial charge in [-0.1, -0.05) is 57.4 Å². The number of carboxylic acids is 1. The van der Waals surface area contributed by atoms with Gasteiger partial charge in [0.15, 0.2) is 0 Å². The minimum atomic E-state index is -0.782. The topological polar surface area (TPSA) is 104 Å². The monoisotopic (exact) mass is 530 g/mol. The van der Waals surface area contributed by atoms with E-state index < -0.39 is 17.3 Å². The van der Waals surface area contributed by atoms with E-state index in [0.29, 0.717) is 25.2 Å². The molecule has 214 valence electrons. The van der Waals surface area contributed by atoms with Gasteiger partial charge in [-0.15, -0.1) is 0 Å². The zero-order chi connectivity index (χ0) is 28.3. The molecule has 0 aromatic rings. The number of rotatable bonds is 7. The molecule has 0 unspecified atom stereocenters. The van der Waals surface area contributed by atoms with Gasteiger partial charge in [0, 0.05) is 12.3 Å². The van der Waals surface area contributed by atoms with Crippen molar-refractivity contribution in [2.75, 3.05) is 6.61 Å². The van der Waals surface area contributed by atoms with Crippen molar-refractivity contribution < 1.29 is 29.6 Å². The predicted octanol–water partition coefficient (Wildman–Crippen LogP) is 6.06. The molecule has 4 aliphatic carbocycles. The Morgan fingerprint density at radius 2 is 1.74 bits per heavy atom. The molecule has 3 N–H and O–H groups in total. The summed E-state index contributed by atoms with van der Waals surface area (Å²) in [7, 11) is 0. The van der Waals surface area contributed by atoms with Crippen LogP contribution >= 0.6 is 0 Å². The second kappa shape index (κ2) is 10.1. The van der Waals surface area contributed by atoms with E-state index in [9.17, 15) is 24.9 Å². The highest BCUT2D eigenvalue weighted by atomic mass is 16.5. The molecule has 0 bridgehead atoms. The first kappa shape index (κ1) is 29.3. The summed E-state index contributed by atoms with van der Waals surface area (Å²) < 4.78 is 6.09. The molecule has 0 heterocycles. The van der Waals surface area contributed by atoms with Gasteiger partial charge in [-0.05, 0) is 92.8 Å². The number of carbonyl (C=O) groups excluding carboxylic acids is 1. The number of aliphatic hydroxyl groups is 2. The lowest BCUT2D eigenvalue weighted by atomic mass is 9.43. The molecule has 2 saturated carbocycles. The van der Waals surface area contributed by atoms with Crippen molar-refractivity contribution in [3.63, 3.8) is 0 Å². The van der Waals surface area contributed by atoms with E-state index in [1.807, 2.05) is 13.0 Å². The van der Waals surface area contributed by atoms with Crippen molar-refractivity contribution in [1.29, 1.82) is 0 Å². The summed E-state index contributed by atoms with van der Waals surface area (Å²) in [6, 6.07) is 0. The first-order chi connectivity index (χ1) is 17.6. The van der Waals surface area contributed by atoms with E-state index in [4.69, 9.17) is 4.74 Å². The lowest BCUT2D eigenvalue weighted by Gasteiger charge is -2.62. The van der Waals surface area contributed by atoms with Crippen molar-refractivity contribution in [1.82, 2.24) is 0 Å². The van der Waals surface area contributed by atoms with Crippen LogP contribution in [0.1, 0.15) is 106 Å². The summed E-state index contributed by atoms with van der Waals surface area (Å²) in [6.07, 6.45) is 8.47. The van der Waals surface area contributed by atoms with E-state index in [1.54, 1.807) is 0 Å². The maximum Gasteiger partial charge on any atom is 0.306 e. The van der Waals surface area contributed by atoms with Gasteiger partial charge in [0.05, 0.1) is 18.6 Å². The molecular weight excluding hydrogens is 480 g/mol. The van der Waals surface area contributed by atoms with E-state index in [-0.39, 0.29) is 46.9 Å². The van der Waals surface area contributed by atoms with Crippen LogP contribution in [0.15, 0.2) is 22.8 Å². The molecule has 0 aromatic carbocycles. The highest BCUT2D eigenvalue weighted by Crippen LogP contribution is 2.73. The van der Waals surface area contributed by atoms with Crippen LogP contribution in [0.5, 0.6) is 0 Å². The molecule has 0 radical (unpaired) electrons. The number of hydrogen-bond acceptors (Lipinski definition) is 5. The van der Waals surface area contributed by atoms with Gasteiger partial charge in [-0.3, -0.25) is 9.59 Å². The first-order valence-corrected chi connectivity index (χ1v) is 14.7. The SMILES string of the molecule is CC(=O)O[C@H]1C[C@@H]([C@@H](CC/C=C(\C)CO)C(=O)O)[C@@]2(C)CCC3=C(CC[C@@H]4C(C)(C)[C@@H](O)CC[C@]34C)[C@]12C. The standard InChI is InChI=1S/C32H50O6/c1-19(18-33)9-8-10-21(28(36)37)24-17-27(38-20(2)34)32(7)23-11-12-25-29(3,4)26(35)14-15-30(25,5)22(23)13-16-31(24,32)6/h9,21,24-27,33,35H,8,10-18H2,1-7H3,(H,36,37)/b19-9+/t21-,24+,25-,26+,27+,30-,31-,32-/m1/s1. The number of aliphatic hydroxyl groups excluding tert-OH is 2. The first-order valence-electron chi connectivity index (χ1n) is 14.7. The number of aliphatic carboxylic acids is 1. The Hall–Kier alpha value is -1.66. The van der Waals surface area contributed by atoms with Crippen LogP contribution in [0.2, 0.25) is 0 Å².